The number of benzene rings is 1. The molecule has 2 heterocycles. The number of H-pyrrole nitrogens is 1. The van der Waals surface area contributed by atoms with Crippen LogP contribution in [0.4, 0.5) is 5.69 Å². The lowest BCUT2D eigenvalue weighted by Crippen LogP contribution is -2.00. The van der Waals surface area contributed by atoms with Crippen molar-refractivity contribution in [3.05, 3.63) is 54.6 Å². The molecule has 2 aromatic heterocycles. The number of nitrogens with one attached hydrogen (secondary N) is 2. The van der Waals surface area contributed by atoms with E-state index >= 15 is 0 Å². The number of imidazole rings is 1. The Hall–Kier alpha value is -2.36. The van der Waals surface area contributed by atoms with Crippen molar-refractivity contribution < 1.29 is 0 Å². The molecule has 0 aliphatic carbocycles. The average molecular weight is 224 g/mol. The maximum atomic E-state index is 4.47. The number of aromatic nitrogens is 3. The molecule has 84 valence electrons. The Morgan fingerprint density at radius 1 is 1.12 bits per heavy atom. The SMILES string of the molecule is c1ccc(NCc2nc3ccncc3[nH]2)cc1. The maximum Gasteiger partial charge on any atom is 0.126 e. The van der Waals surface area contributed by atoms with Gasteiger partial charge in [0.1, 0.15) is 5.82 Å². The van der Waals surface area contributed by atoms with Crippen molar-refractivity contribution >= 4 is 16.7 Å². The van der Waals surface area contributed by atoms with Gasteiger partial charge in [0.05, 0.1) is 23.8 Å². The van der Waals surface area contributed by atoms with Gasteiger partial charge in [-0.05, 0) is 18.2 Å². The zero-order valence-corrected chi connectivity index (χ0v) is 9.22. The fourth-order valence-electron chi connectivity index (χ4n) is 1.74. The fourth-order valence-corrected chi connectivity index (χ4v) is 1.74. The second-order valence-electron chi connectivity index (χ2n) is 3.80. The molecule has 0 atom stereocenters. The number of fused-ring (bicyclic) bond motifs is 1. The number of hydrogen-bond donors (Lipinski definition) is 2. The van der Waals surface area contributed by atoms with Crippen LogP contribution in [0.5, 0.6) is 0 Å². The molecule has 4 heteroatoms. The first kappa shape index (κ1) is 9.84. The van der Waals surface area contributed by atoms with E-state index < -0.39 is 0 Å². The summed E-state index contributed by atoms with van der Waals surface area (Å²) in [7, 11) is 0. The molecule has 0 aliphatic rings. The lowest BCUT2D eigenvalue weighted by Gasteiger charge is -2.02. The molecule has 0 radical (unpaired) electrons. The van der Waals surface area contributed by atoms with Crippen molar-refractivity contribution in [3.63, 3.8) is 0 Å². The third-order valence-corrected chi connectivity index (χ3v) is 2.57. The predicted molar refractivity (Wildman–Crippen MR) is 67.7 cm³/mol. The van der Waals surface area contributed by atoms with Crippen LogP contribution in [0.3, 0.4) is 0 Å². The molecule has 0 fully saturated rings. The number of pyridine rings is 1. The van der Waals surface area contributed by atoms with Crippen molar-refractivity contribution in [2.45, 2.75) is 6.54 Å². The van der Waals surface area contributed by atoms with E-state index in [0.717, 1.165) is 22.5 Å². The molecule has 0 bridgehead atoms. The standard InChI is InChI=1S/C13H12N4/c1-2-4-10(5-3-1)15-9-13-16-11-6-7-14-8-12(11)17-13/h1-8,15H,9H2,(H,16,17). The Morgan fingerprint density at radius 3 is 2.82 bits per heavy atom. The summed E-state index contributed by atoms with van der Waals surface area (Å²) in [4.78, 5) is 11.8. The zero-order chi connectivity index (χ0) is 11.5. The number of rotatable bonds is 3. The first-order valence-electron chi connectivity index (χ1n) is 5.49. The van der Waals surface area contributed by atoms with E-state index in [1.54, 1.807) is 12.4 Å². The van der Waals surface area contributed by atoms with Crippen LogP contribution in [0, 0.1) is 0 Å². The Labute approximate surface area is 98.7 Å². The molecule has 17 heavy (non-hydrogen) atoms. The van der Waals surface area contributed by atoms with E-state index in [9.17, 15) is 0 Å². The van der Waals surface area contributed by atoms with Gasteiger partial charge in [-0.3, -0.25) is 4.98 Å². The number of hydrogen-bond acceptors (Lipinski definition) is 3. The highest BCUT2D eigenvalue weighted by molar-refractivity contribution is 5.73. The summed E-state index contributed by atoms with van der Waals surface area (Å²) >= 11 is 0. The van der Waals surface area contributed by atoms with Crippen LogP contribution in [-0.2, 0) is 6.54 Å². The largest absolute Gasteiger partial charge is 0.378 e. The second kappa shape index (κ2) is 4.25. The quantitative estimate of drug-likeness (QED) is 0.719. The van der Waals surface area contributed by atoms with Crippen LogP contribution in [0.1, 0.15) is 5.82 Å². The van der Waals surface area contributed by atoms with E-state index in [1.807, 2.05) is 36.4 Å². The maximum absolute atomic E-state index is 4.47. The van der Waals surface area contributed by atoms with E-state index in [1.165, 1.54) is 0 Å². The van der Waals surface area contributed by atoms with Crippen LogP contribution < -0.4 is 5.32 Å². The molecule has 0 saturated carbocycles. The van der Waals surface area contributed by atoms with Gasteiger partial charge in [-0.1, -0.05) is 18.2 Å². The fraction of sp³-hybridized carbons (Fsp3) is 0.0769. The van der Waals surface area contributed by atoms with Crippen LogP contribution in [0.15, 0.2) is 48.8 Å². The number of nitrogens with zero attached hydrogens (tertiary/aromatic N) is 2. The minimum atomic E-state index is 0.679. The van der Waals surface area contributed by atoms with Gasteiger partial charge in [0.2, 0.25) is 0 Å². The van der Waals surface area contributed by atoms with Gasteiger partial charge < -0.3 is 10.3 Å². The molecule has 3 aromatic rings. The molecular formula is C13H12N4. The van der Waals surface area contributed by atoms with Gasteiger partial charge in [0.25, 0.3) is 0 Å². The van der Waals surface area contributed by atoms with Crippen LogP contribution in [-0.4, -0.2) is 15.0 Å². The Bertz CT molecular complexity index is 582. The summed E-state index contributed by atoms with van der Waals surface area (Å²) < 4.78 is 0. The number of aromatic amines is 1. The molecule has 2 N–H and O–H groups in total. The molecule has 3 rings (SSSR count). The first-order valence-corrected chi connectivity index (χ1v) is 5.49. The highest BCUT2D eigenvalue weighted by Gasteiger charge is 2.01. The highest BCUT2D eigenvalue weighted by atomic mass is 15.0. The lowest BCUT2D eigenvalue weighted by atomic mass is 10.3. The number of anilines is 1. The van der Waals surface area contributed by atoms with Crippen LogP contribution in [0.25, 0.3) is 11.0 Å². The summed E-state index contributed by atoms with van der Waals surface area (Å²) in [6.45, 7) is 0.679. The molecule has 1 aromatic carbocycles. The van der Waals surface area contributed by atoms with E-state index in [-0.39, 0.29) is 0 Å². The zero-order valence-electron chi connectivity index (χ0n) is 9.22. The van der Waals surface area contributed by atoms with Crippen molar-refractivity contribution in [1.82, 2.24) is 15.0 Å². The summed E-state index contributed by atoms with van der Waals surface area (Å²) in [5, 5.41) is 3.31. The Balaban J connectivity index is 1.77. The summed E-state index contributed by atoms with van der Waals surface area (Å²) in [6.07, 6.45) is 3.53. The third-order valence-electron chi connectivity index (χ3n) is 2.57. The summed E-state index contributed by atoms with van der Waals surface area (Å²) in [5.74, 6) is 0.914. The van der Waals surface area contributed by atoms with Crippen LogP contribution >= 0.6 is 0 Å². The van der Waals surface area contributed by atoms with Crippen LogP contribution in [0.2, 0.25) is 0 Å². The van der Waals surface area contributed by atoms with Gasteiger partial charge in [0, 0.05) is 11.9 Å². The van der Waals surface area contributed by atoms with Gasteiger partial charge in [0.15, 0.2) is 0 Å². The van der Waals surface area contributed by atoms with Crippen molar-refractivity contribution in [1.29, 1.82) is 0 Å². The normalized spacial score (nSPS) is 10.6. The number of para-hydroxylation sites is 1. The molecule has 0 saturated heterocycles. The average Bonchev–Trinajstić information content (AvgIpc) is 2.80. The molecule has 0 unspecified atom stereocenters. The van der Waals surface area contributed by atoms with Crippen molar-refractivity contribution in [2.24, 2.45) is 0 Å². The third kappa shape index (κ3) is 2.10. The van der Waals surface area contributed by atoms with Gasteiger partial charge in [-0.25, -0.2) is 4.98 Å². The Kier molecular flexibility index (Phi) is 2.46. The van der Waals surface area contributed by atoms with Gasteiger partial charge in [-0.15, -0.1) is 0 Å². The first-order chi connectivity index (χ1) is 8.42. The van der Waals surface area contributed by atoms with E-state index in [4.69, 9.17) is 0 Å². The van der Waals surface area contributed by atoms with Gasteiger partial charge >= 0.3 is 0 Å². The monoisotopic (exact) mass is 224 g/mol. The minimum Gasteiger partial charge on any atom is -0.378 e. The molecule has 0 aliphatic heterocycles. The lowest BCUT2D eigenvalue weighted by molar-refractivity contribution is 1.01. The predicted octanol–water partition coefficient (Wildman–Crippen LogP) is 2.57. The smallest absolute Gasteiger partial charge is 0.126 e. The van der Waals surface area contributed by atoms with Gasteiger partial charge in [-0.2, -0.15) is 0 Å². The second-order valence-corrected chi connectivity index (χ2v) is 3.80. The van der Waals surface area contributed by atoms with Crippen molar-refractivity contribution in [3.8, 4) is 0 Å². The van der Waals surface area contributed by atoms with E-state index in [2.05, 4.69) is 20.3 Å². The summed E-state index contributed by atoms with van der Waals surface area (Å²) in [5.41, 5.74) is 3.01. The molecule has 4 nitrogen and oxygen atoms in total. The summed E-state index contributed by atoms with van der Waals surface area (Å²) in [6, 6.07) is 12.0. The molecule has 0 spiro atoms. The molecular weight excluding hydrogens is 212 g/mol. The minimum absolute atomic E-state index is 0.679. The van der Waals surface area contributed by atoms with Crippen molar-refractivity contribution in [2.75, 3.05) is 5.32 Å². The van der Waals surface area contributed by atoms with E-state index in [0.29, 0.717) is 6.54 Å². The topological polar surface area (TPSA) is 53.6 Å². The highest BCUT2D eigenvalue weighted by Crippen LogP contribution is 2.11. The molecule has 0 amide bonds. The Morgan fingerprint density at radius 2 is 2.00 bits per heavy atom.